The van der Waals surface area contributed by atoms with Crippen molar-refractivity contribution >= 4 is 17.0 Å². The van der Waals surface area contributed by atoms with E-state index in [9.17, 15) is 0 Å². The molecule has 0 saturated carbocycles. The molecule has 1 aromatic heterocycles. The number of nitrogens with two attached hydrogens (primary N) is 1. The standard InChI is InChI=1S/C16H21N3S/c1-10-16(20-12(3)18-10)11(2)19-8-7-13-5-4-6-15(17)14(13)9-19/h4-6,11H,7-9,17H2,1-3H3. The van der Waals surface area contributed by atoms with Gasteiger partial charge in [0.15, 0.2) is 0 Å². The molecule has 1 unspecified atom stereocenters. The Bertz CT molecular complexity index is 633. The van der Waals surface area contributed by atoms with Gasteiger partial charge < -0.3 is 5.73 Å². The topological polar surface area (TPSA) is 42.2 Å². The lowest BCUT2D eigenvalue weighted by molar-refractivity contribution is 0.194. The van der Waals surface area contributed by atoms with Crippen LogP contribution in [0.15, 0.2) is 18.2 Å². The molecular formula is C16H21N3S. The number of nitrogens with zero attached hydrogens (tertiary/aromatic N) is 2. The molecule has 1 aliphatic rings. The Balaban J connectivity index is 1.86. The molecule has 2 heterocycles. The van der Waals surface area contributed by atoms with Crippen LogP contribution >= 0.6 is 11.3 Å². The van der Waals surface area contributed by atoms with Gasteiger partial charge in [-0.15, -0.1) is 11.3 Å². The molecule has 0 fully saturated rings. The molecule has 3 rings (SSSR count). The average Bonchev–Trinajstić information content (AvgIpc) is 2.77. The van der Waals surface area contributed by atoms with Crippen molar-refractivity contribution in [1.82, 2.24) is 9.88 Å². The zero-order valence-corrected chi connectivity index (χ0v) is 13.1. The maximum atomic E-state index is 6.14. The Morgan fingerprint density at radius 2 is 2.15 bits per heavy atom. The Kier molecular flexibility index (Phi) is 3.52. The van der Waals surface area contributed by atoms with Gasteiger partial charge in [-0.05, 0) is 44.4 Å². The molecule has 4 heteroatoms. The number of anilines is 1. The maximum absolute atomic E-state index is 6.14. The minimum atomic E-state index is 0.411. The highest BCUT2D eigenvalue weighted by molar-refractivity contribution is 7.11. The first kappa shape index (κ1) is 13.6. The number of hydrogen-bond acceptors (Lipinski definition) is 4. The summed E-state index contributed by atoms with van der Waals surface area (Å²) in [5.41, 5.74) is 11.0. The van der Waals surface area contributed by atoms with Crippen LogP contribution in [0.4, 0.5) is 5.69 Å². The van der Waals surface area contributed by atoms with Gasteiger partial charge >= 0.3 is 0 Å². The molecule has 0 bridgehead atoms. The second-order valence-electron chi connectivity index (χ2n) is 5.56. The number of thiazole rings is 1. The quantitative estimate of drug-likeness (QED) is 0.860. The zero-order chi connectivity index (χ0) is 14.3. The molecule has 0 saturated heterocycles. The van der Waals surface area contributed by atoms with E-state index in [1.807, 2.05) is 17.4 Å². The van der Waals surface area contributed by atoms with Gasteiger partial charge in [0.25, 0.3) is 0 Å². The molecule has 1 aromatic carbocycles. The van der Waals surface area contributed by atoms with Crippen LogP contribution in [-0.4, -0.2) is 16.4 Å². The second kappa shape index (κ2) is 5.19. The molecule has 0 amide bonds. The van der Waals surface area contributed by atoms with E-state index in [1.54, 1.807) is 0 Å². The molecule has 1 aliphatic heterocycles. The lowest BCUT2D eigenvalue weighted by Crippen LogP contribution is -2.33. The number of benzene rings is 1. The predicted molar refractivity (Wildman–Crippen MR) is 85.0 cm³/mol. The van der Waals surface area contributed by atoms with E-state index in [0.29, 0.717) is 6.04 Å². The highest BCUT2D eigenvalue weighted by Crippen LogP contribution is 2.33. The molecule has 0 spiro atoms. The van der Waals surface area contributed by atoms with Gasteiger partial charge in [0.2, 0.25) is 0 Å². The Morgan fingerprint density at radius 1 is 1.35 bits per heavy atom. The predicted octanol–water partition coefficient (Wildman–Crippen LogP) is 3.46. The highest BCUT2D eigenvalue weighted by Gasteiger charge is 2.25. The van der Waals surface area contributed by atoms with E-state index in [0.717, 1.165) is 30.2 Å². The SMILES string of the molecule is Cc1nc(C)c(C(C)N2CCc3cccc(N)c3C2)s1. The zero-order valence-electron chi connectivity index (χ0n) is 12.3. The first-order valence-electron chi connectivity index (χ1n) is 7.10. The lowest BCUT2D eigenvalue weighted by atomic mass is 9.97. The monoisotopic (exact) mass is 287 g/mol. The summed E-state index contributed by atoms with van der Waals surface area (Å²) in [7, 11) is 0. The van der Waals surface area contributed by atoms with Crippen molar-refractivity contribution < 1.29 is 0 Å². The summed E-state index contributed by atoms with van der Waals surface area (Å²) in [6, 6.07) is 6.68. The maximum Gasteiger partial charge on any atom is 0.0900 e. The molecule has 0 aliphatic carbocycles. The molecule has 3 nitrogen and oxygen atoms in total. The van der Waals surface area contributed by atoms with Gasteiger partial charge in [0, 0.05) is 29.7 Å². The number of hydrogen-bond donors (Lipinski definition) is 1. The normalized spacial score (nSPS) is 16.9. The van der Waals surface area contributed by atoms with E-state index < -0.39 is 0 Å². The van der Waals surface area contributed by atoms with E-state index in [1.165, 1.54) is 21.7 Å². The highest BCUT2D eigenvalue weighted by atomic mass is 32.1. The number of aromatic nitrogens is 1. The first-order valence-corrected chi connectivity index (χ1v) is 7.92. The molecule has 2 N–H and O–H groups in total. The van der Waals surface area contributed by atoms with E-state index in [4.69, 9.17) is 5.73 Å². The summed E-state index contributed by atoms with van der Waals surface area (Å²) in [6.45, 7) is 8.51. The summed E-state index contributed by atoms with van der Waals surface area (Å²) in [5.74, 6) is 0. The fraction of sp³-hybridized carbons (Fsp3) is 0.438. The molecule has 0 radical (unpaired) electrons. The van der Waals surface area contributed by atoms with Crippen molar-refractivity contribution in [2.24, 2.45) is 0 Å². The van der Waals surface area contributed by atoms with E-state index in [2.05, 4.69) is 42.8 Å². The summed E-state index contributed by atoms with van der Waals surface area (Å²) in [4.78, 5) is 8.46. The van der Waals surface area contributed by atoms with Crippen molar-refractivity contribution in [2.75, 3.05) is 12.3 Å². The molecule has 20 heavy (non-hydrogen) atoms. The Morgan fingerprint density at radius 3 is 2.85 bits per heavy atom. The second-order valence-corrected chi connectivity index (χ2v) is 6.80. The van der Waals surface area contributed by atoms with Crippen molar-refractivity contribution in [1.29, 1.82) is 0 Å². The van der Waals surface area contributed by atoms with Gasteiger partial charge in [-0.2, -0.15) is 0 Å². The van der Waals surface area contributed by atoms with Crippen LogP contribution in [-0.2, 0) is 13.0 Å². The summed E-state index contributed by atoms with van der Waals surface area (Å²) in [6.07, 6.45) is 1.08. The van der Waals surface area contributed by atoms with Crippen LogP contribution in [0.1, 0.15) is 39.7 Å². The minimum absolute atomic E-state index is 0.411. The van der Waals surface area contributed by atoms with E-state index >= 15 is 0 Å². The fourth-order valence-corrected chi connectivity index (χ4v) is 4.07. The van der Waals surface area contributed by atoms with Crippen molar-refractivity contribution in [2.45, 2.75) is 39.8 Å². The number of rotatable bonds is 2. The third kappa shape index (κ3) is 2.34. The Hall–Kier alpha value is -1.39. The molecule has 2 aromatic rings. The van der Waals surface area contributed by atoms with Crippen molar-refractivity contribution in [3.8, 4) is 0 Å². The summed E-state index contributed by atoms with van der Waals surface area (Å²) < 4.78 is 0. The molecule has 1 atom stereocenters. The molecular weight excluding hydrogens is 266 g/mol. The number of fused-ring (bicyclic) bond motifs is 1. The number of nitrogen functional groups attached to an aromatic ring is 1. The van der Waals surface area contributed by atoms with Gasteiger partial charge in [-0.1, -0.05) is 12.1 Å². The van der Waals surface area contributed by atoms with Gasteiger partial charge in [-0.25, -0.2) is 4.98 Å². The summed E-state index contributed by atoms with van der Waals surface area (Å²) >= 11 is 1.82. The van der Waals surface area contributed by atoms with Crippen LogP contribution in [0.5, 0.6) is 0 Å². The first-order chi connectivity index (χ1) is 9.56. The van der Waals surface area contributed by atoms with Gasteiger partial charge in [-0.3, -0.25) is 4.90 Å². The average molecular weight is 287 g/mol. The van der Waals surface area contributed by atoms with Crippen molar-refractivity contribution in [3.63, 3.8) is 0 Å². The van der Waals surface area contributed by atoms with Crippen molar-refractivity contribution in [3.05, 3.63) is 44.9 Å². The van der Waals surface area contributed by atoms with E-state index in [-0.39, 0.29) is 0 Å². The smallest absolute Gasteiger partial charge is 0.0900 e. The van der Waals surface area contributed by atoms with Gasteiger partial charge in [0.1, 0.15) is 0 Å². The van der Waals surface area contributed by atoms with Crippen LogP contribution in [0.25, 0.3) is 0 Å². The third-order valence-electron chi connectivity index (χ3n) is 4.21. The fourth-order valence-electron chi connectivity index (χ4n) is 3.06. The largest absolute Gasteiger partial charge is 0.398 e. The van der Waals surface area contributed by atoms with Crippen LogP contribution in [0.3, 0.4) is 0 Å². The Labute approximate surface area is 124 Å². The molecule has 106 valence electrons. The van der Waals surface area contributed by atoms with Crippen LogP contribution in [0, 0.1) is 13.8 Å². The van der Waals surface area contributed by atoms with Crippen LogP contribution < -0.4 is 5.73 Å². The lowest BCUT2D eigenvalue weighted by Gasteiger charge is -2.34. The van der Waals surface area contributed by atoms with Gasteiger partial charge in [0.05, 0.1) is 10.7 Å². The van der Waals surface area contributed by atoms with Crippen LogP contribution in [0.2, 0.25) is 0 Å². The minimum Gasteiger partial charge on any atom is -0.398 e. The number of aryl methyl sites for hydroxylation is 2. The summed E-state index contributed by atoms with van der Waals surface area (Å²) in [5, 5.41) is 1.15. The third-order valence-corrected chi connectivity index (χ3v) is 5.45.